The van der Waals surface area contributed by atoms with Crippen LogP contribution in [-0.2, 0) is 5.75 Å². The predicted molar refractivity (Wildman–Crippen MR) is 65.2 cm³/mol. The van der Waals surface area contributed by atoms with Crippen LogP contribution in [0.4, 0.5) is 8.78 Å². The molecule has 88 valence electrons. The average molecular weight is 272 g/mol. The summed E-state index contributed by atoms with van der Waals surface area (Å²) >= 11 is 7.07. The monoisotopic (exact) mass is 271 g/mol. The van der Waals surface area contributed by atoms with E-state index in [0.29, 0.717) is 15.8 Å². The Morgan fingerprint density at radius 3 is 2.59 bits per heavy atom. The molecule has 0 saturated heterocycles. The maximum Gasteiger partial charge on any atom is 0.159 e. The minimum absolute atomic E-state index is 0.437. The Kier molecular flexibility index (Phi) is 3.97. The van der Waals surface area contributed by atoms with Gasteiger partial charge in [0.05, 0.1) is 0 Å². The molecule has 0 aliphatic rings. The van der Waals surface area contributed by atoms with Crippen molar-refractivity contribution < 1.29 is 8.78 Å². The molecule has 0 bridgehead atoms. The minimum Gasteiger partial charge on any atom is -0.244 e. The van der Waals surface area contributed by atoms with Crippen LogP contribution in [0.5, 0.6) is 0 Å². The van der Waals surface area contributed by atoms with E-state index in [1.54, 1.807) is 18.3 Å². The van der Waals surface area contributed by atoms with Crippen LogP contribution in [0.1, 0.15) is 5.56 Å². The highest BCUT2D eigenvalue weighted by molar-refractivity contribution is 7.98. The highest BCUT2D eigenvalue weighted by Gasteiger charge is 2.03. The summed E-state index contributed by atoms with van der Waals surface area (Å²) in [5.41, 5.74) is 0.976. The van der Waals surface area contributed by atoms with Gasteiger partial charge in [0.2, 0.25) is 0 Å². The zero-order chi connectivity index (χ0) is 12.3. The quantitative estimate of drug-likeness (QED) is 0.610. The summed E-state index contributed by atoms with van der Waals surface area (Å²) in [6.45, 7) is 0. The Balaban J connectivity index is 2.02. The molecule has 1 aromatic carbocycles. The van der Waals surface area contributed by atoms with Crippen LogP contribution in [-0.4, -0.2) is 4.98 Å². The summed E-state index contributed by atoms with van der Waals surface area (Å²) in [7, 11) is 0. The second-order valence-electron chi connectivity index (χ2n) is 3.35. The molecule has 1 aromatic heterocycles. The fraction of sp³-hybridized carbons (Fsp3) is 0.0833. The van der Waals surface area contributed by atoms with E-state index in [9.17, 15) is 8.78 Å². The number of rotatable bonds is 3. The van der Waals surface area contributed by atoms with Gasteiger partial charge >= 0.3 is 0 Å². The van der Waals surface area contributed by atoms with Crippen molar-refractivity contribution in [2.75, 3.05) is 0 Å². The minimum atomic E-state index is -0.831. The third-order valence-electron chi connectivity index (χ3n) is 2.09. The molecule has 0 aliphatic carbocycles. The topological polar surface area (TPSA) is 12.9 Å². The zero-order valence-corrected chi connectivity index (χ0v) is 10.2. The van der Waals surface area contributed by atoms with Crippen LogP contribution in [0.15, 0.2) is 41.4 Å². The Morgan fingerprint density at radius 1 is 1.12 bits per heavy atom. The van der Waals surface area contributed by atoms with Gasteiger partial charge in [0, 0.05) is 16.8 Å². The van der Waals surface area contributed by atoms with E-state index in [1.165, 1.54) is 17.8 Å². The average Bonchev–Trinajstić information content (AvgIpc) is 2.33. The number of hydrogen-bond donors (Lipinski definition) is 0. The van der Waals surface area contributed by atoms with Crippen LogP contribution in [0.25, 0.3) is 0 Å². The van der Waals surface area contributed by atoms with Crippen molar-refractivity contribution in [2.24, 2.45) is 0 Å². The molecule has 0 radical (unpaired) electrons. The summed E-state index contributed by atoms with van der Waals surface area (Å²) in [6.07, 6.45) is 1.66. The molecule has 0 amide bonds. The molecule has 0 aliphatic heterocycles. The Bertz CT molecular complexity index is 516. The molecule has 17 heavy (non-hydrogen) atoms. The molecule has 0 N–H and O–H groups in total. The van der Waals surface area contributed by atoms with Crippen LogP contribution in [0, 0.1) is 11.6 Å². The molecule has 0 fully saturated rings. The number of nitrogens with zero attached hydrogens (tertiary/aromatic N) is 1. The molecular weight excluding hydrogens is 264 g/mol. The normalized spacial score (nSPS) is 10.5. The van der Waals surface area contributed by atoms with Crippen molar-refractivity contribution in [3.8, 4) is 0 Å². The Labute approximate surface area is 107 Å². The van der Waals surface area contributed by atoms with E-state index in [-0.39, 0.29) is 0 Å². The number of halogens is 3. The molecule has 1 heterocycles. The fourth-order valence-electron chi connectivity index (χ4n) is 1.23. The first-order chi connectivity index (χ1) is 8.15. The Hall–Kier alpha value is -1.13. The number of pyridine rings is 1. The van der Waals surface area contributed by atoms with E-state index < -0.39 is 11.6 Å². The predicted octanol–water partition coefficient (Wildman–Crippen LogP) is 4.31. The van der Waals surface area contributed by atoms with Crippen LogP contribution in [0.3, 0.4) is 0 Å². The first kappa shape index (κ1) is 12.3. The van der Waals surface area contributed by atoms with Crippen molar-refractivity contribution in [3.05, 3.63) is 58.9 Å². The SMILES string of the molecule is Fc1ccc(SCc2ccc(Cl)nc2)cc1F. The second kappa shape index (κ2) is 5.47. The van der Waals surface area contributed by atoms with Gasteiger partial charge in [-0.1, -0.05) is 17.7 Å². The molecule has 2 rings (SSSR count). The highest BCUT2D eigenvalue weighted by atomic mass is 35.5. The summed E-state index contributed by atoms with van der Waals surface area (Å²) < 4.78 is 25.6. The largest absolute Gasteiger partial charge is 0.244 e. The fourth-order valence-corrected chi connectivity index (χ4v) is 2.19. The smallest absolute Gasteiger partial charge is 0.159 e. The van der Waals surface area contributed by atoms with E-state index >= 15 is 0 Å². The molecular formula is C12H8ClF2NS. The molecule has 0 unspecified atom stereocenters. The molecule has 0 spiro atoms. The number of aromatic nitrogens is 1. The van der Waals surface area contributed by atoms with Crippen LogP contribution >= 0.6 is 23.4 Å². The van der Waals surface area contributed by atoms with Gasteiger partial charge in [-0.2, -0.15) is 0 Å². The molecule has 0 atom stereocenters. The van der Waals surface area contributed by atoms with Gasteiger partial charge in [0.25, 0.3) is 0 Å². The van der Waals surface area contributed by atoms with Gasteiger partial charge in [-0.3, -0.25) is 0 Å². The number of benzene rings is 1. The molecule has 0 saturated carbocycles. The van der Waals surface area contributed by atoms with E-state index in [0.717, 1.165) is 11.6 Å². The summed E-state index contributed by atoms with van der Waals surface area (Å²) in [5, 5.41) is 0.437. The van der Waals surface area contributed by atoms with Crippen molar-refractivity contribution >= 4 is 23.4 Å². The summed E-state index contributed by atoms with van der Waals surface area (Å²) in [6, 6.07) is 7.40. The van der Waals surface area contributed by atoms with Crippen molar-refractivity contribution in [1.82, 2.24) is 4.98 Å². The lowest BCUT2D eigenvalue weighted by molar-refractivity contribution is 0.506. The molecule has 5 heteroatoms. The lowest BCUT2D eigenvalue weighted by atomic mass is 10.3. The van der Waals surface area contributed by atoms with Gasteiger partial charge in [0.15, 0.2) is 11.6 Å². The van der Waals surface area contributed by atoms with E-state index in [4.69, 9.17) is 11.6 Å². The van der Waals surface area contributed by atoms with Crippen molar-refractivity contribution in [1.29, 1.82) is 0 Å². The Morgan fingerprint density at radius 2 is 1.94 bits per heavy atom. The van der Waals surface area contributed by atoms with Crippen molar-refractivity contribution in [3.63, 3.8) is 0 Å². The lowest BCUT2D eigenvalue weighted by Gasteiger charge is -2.02. The van der Waals surface area contributed by atoms with E-state index in [1.807, 2.05) is 6.07 Å². The number of hydrogen-bond acceptors (Lipinski definition) is 2. The summed E-state index contributed by atoms with van der Waals surface area (Å²) in [4.78, 5) is 4.62. The van der Waals surface area contributed by atoms with Crippen molar-refractivity contribution in [2.45, 2.75) is 10.6 Å². The third kappa shape index (κ3) is 3.41. The van der Waals surface area contributed by atoms with Crippen LogP contribution in [0.2, 0.25) is 5.15 Å². The lowest BCUT2D eigenvalue weighted by Crippen LogP contribution is -1.86. The van der Waals surface area contributed by atoms with E-state index in [2.05, 4.69) is 4.98 Å². The van der Waals surface area contributed by atoms with Gasteiger partial charge in [-0.05, 0) is 29.8 Å². The first-order valence-corrected chi connectivity index (χ1v) is 6.20. The van der Waals surface area contributed by atoms with Gasteiger partial charge in [-0.25, -0.2) is 13.8 Å². The summed E-state index contributed by atoms with van der Waals surface area (Å²) in [5.74, 6) is -1.03. The zero-order valence-electron chi connectivity index (χ0n) is 8.66. The molecule has 1 nitrogen and oxygen atoms in total. The molecule has 2 aromatic rings. The highest BCUT2D eigenvalue weighted by Crippen LogP contribution is 2.24. The maximum atomic E-state index is 12.9. The standard InChI is InChI=1S/C12H8ClF2NS/c13-12-4-1-8(6-16-12)7-17-9-2-3-10(14)11(15)5-9/h1-6H,7H2. The van der Waals surface area contributed by atoms with Gasteiger partial charge < -0.3 is 0 Å². The first-order valence-electron chi connectivity index (χ1n) is 4.83. The maximum absolute atomic E-state index is 12.9. The third-order valence-corrected chi connectivity index (χ3v) is 3.37. The van der Waals surface area contributed by atoms with Gasteiger partial charge in [0.1, 0.15) is 5.15 Å². The van der Waals surface area contributed by atoms with Gasteiger partial charge in [-0.15, -0.1) is 11.8 Å². The number of thioether (sulfide) groups is 1. The second-order valence-corrected chi connectivity index (χ2v) is 4.79. The van der Waals surface area contributed by atoms with Crippen LogP contribution < -0.4 is 0 Å².